The fraction of sp³-hybridized carbons (Fsp3) is 0.250. The lowest BCUT2D eigenvalue weighted by atomic mass is 9.98. The van der Waals surface area contributed by atoms with Gasteiger partial charge in [0.25, 0.3) is 0 Å². The van der Waals surface area contributed by atoms with Crippen LogP contribution in [0, 0.1) is 17.5 Å². The smallest absolute Gasteiger partial charge is 0.159 e. The molecule has 0 aliphatic rings. The monoisotopic (exact) mass is 279 g/mol. The predicted molar refractivity (Wildman–Crippen MR) is 72.9 cm³/mol. The summed E-state index contributed by atoms with van der Waals surface area (Å²) in [4.78, 5) is 0. The van der Waals surface area contributed by atoms with Crippen molar-refractivity contribution >= 4 is 0 Å². The minimum atomic E-state index is -0.882. The Kier molecular flexibility index (Phi) is 4.79. The molecule has 1 nitrogen and oxygen atoms in total. The lowest BCUT2D eigenvalue weighted by Crippen LogP contribution is -2.23. The average Bonchev–Trinajstić information content (AvgIpc) is 2.45. The number of nitrogens with one attached hydrogen (secondary N) is 1. The number of hydrogen-bond donors (Lipinski definition) is 1. The highest BCUT2D eigenvalue weighted by Crippen LogP contribution is 2.24. The lowest BCUT2D eigenvalue weighted by Gasteiger charge is -2.19. The number of rotatable bonds is 5. The van der Waals surface area contributed by atoms with Crippen molar-refractivity contribution in [1.82, 2.24) is 5.32 Å². The van der Waals surface area contributed by atoms with Gasteiger partial charge in [0.1, 0.15) is 5.82 Å². The molecule has 0 amide bonds. The van der Waals surface area contributed by atoms with E-state index in [1.54, 1.807) is 12.1 Å². The van der Waals surface area contributed by atoms with Crippen LogP contribution in [0.2, 0.25) is 0 Å². The zero-order valence-electron chi connectivity index (χ0n) is 11.2. The Labute approximate surface area is 116 Å². The predicted octanol–water partition coefficient (Wildman–Crippen LogP) is 4.19. The molecule has 106 valence electrons. The van der Waals surface area contributed by atoms with Crippen molar-refractivity contribution in [2.75, 3.05) is 6.54 Å². The Balaban J connectivity index is 2.35. The largest absolute Gasteiger partial charge is 0.306 e. The van der Waals surface area contributed by atoms with Crippen molar-refractivity contribution < 1.29 is 13.2 Å². The number of benzene rings is 2. The molecule has 0 aliphatic carbocycles. The average molecular weight is 279 g/mol. The molecule has 2 aromatic rings. The first kappa shape index (κ1) is 14.6. The van der Waals surface area contributed by atoms with Gasteiger partial charge >= 0.3 is 0 Å². The molecule has 0 saturated heterocycles. The van der Waals surface area contributed by atoms with Gasteiger partial charge in [0.2, 0.25) is 0 Å². The van der Waals surface area contributed by atoms with Gasteiger partial charge in [-0.2, -0.15) is 0 Å². The molecule has 20 heavy (non-hydrogen) atoms. The highest BCUT2D eigenvalue weighted by Gasteiger charge is 2.15. The Morgan fingerprint density at radius 2 is 1.55 bits per heavy atom. The summed E-state index contributed by atoms with van der Waals surface area (Å²) in [6.07, 6.45) is 0.904. The summed E-state index contributed by atoms with van der Waals surface area (Å²) < 4.78 is 39.4. The Morgan fingerprint density at radius 3 is 2.15 bits per heavy atom. The molecule has 4 heteroatoms. The van der Waals surface area contributed by atoms with E-state index in [0.717, 1.165) is 24.6 Å². The van der Waals surface area contributed by atoms with E-state index >= 15 is 0 Å². The quantitative estimate of drug-likeness (QED) is 0.865. The second-order valence-electron chi connectivity index (χ2n) is 4.61. The maximum absolute atomic E-state index is 13.4. The molecule has 0 fully saturated rings. The van der Waals surface area contributed by atoms with E-state index in [4.69, 9.17) is 0 Å². The van der Waals surface area contributed by atoms with E-state index in [0.29, 0.717) is 5.56 Å². The summed E-state index contributed by atoms with van der Waals surface area (Å²) in [6, 6.07) is 9.53. The highest BCUT2D eigenvalue weighted by atomic mass is 19.2. The molecule has 2 rings (SSSR count). The summed E-state index contributed by atoms with van der Waals surface area (Å²) in [5.74, 6) is -2.08. The molecular formula is C16H16F3N. The molecule has 1 unspecified atom stereocenters. The van der Waals surface area contributed by atoms with Crippen LogP contribution >= 0.6 is 0 Å². The minimum Gasteiger partial charge on any atom is -0.306 e. The van der Waals surface area contributed by atoms with Gasteiger partial charge in [-0.1, -0.05) is 25.1 Å². The van der Waals surface area contributed by atoms with Crippen LogP contribution in [0.1, 0.15) is 30.5 Å². The first-order chi connectivity index (χ1) is 9.61. The summed E-state index contributed by atoms with van der Waals surface area (Å²) in [6.45, 7) is 2.74. The van der Waals surface area contributed by atoms with Crippen molar-refractivity contribution in [3.63, 3.8) is 0 Å². The zero-order valence-corrected chi connectivity index (χ0v) is 11.2. The minimum absolute atomic E-state index is 0.286. The molecule has 1 atom stereocenters. The molecule has 0 saturated carbocycles. The number of halogens is 3. The summed E-state index contributed by atoms with van der Waals surface area (Å²) in [5.41, 5.74) is 1.43. The van der Waals surface area contributed by atoms with Crippen LogP contribution in [-0.2, 0) is 0 Å². The third-order valence-electron chi connectivity index (χ3n) is 3.08. The van der Waals surface area contributed by atoms with Gasteiger partial charge < -0.3 is 5.32 Å². The van der Waals surface area contributed by atoms with Crippen molar-refractivity contribution in [3.8, 4) is 0 Å². The van der Waals surface area contributed by atoms with Crippen molar-refractivity contribution in [2.45, 2.75) is 19.4 Å². The van der Waals surface area contributed by atoms with Crippen LogP contribution < -0.4 is 5.32 Å². The maximum Gasteiger partial charge on any atom is 0.159 e. The van der Waals surface area contributed by atoms with Crippen LogP contribution in [-0.4, -0.2) is 6.54 Å². The summed E-state index contributed by atoms with van der Waals surface area (Å²) in [7, 11) is 0. The van der Waals surface area contributed by atoms with Gasteiger partial charge in [-0.3, -0.25) is 0 Å². The standard InChI is InChI=1S/C16H16F3N/c1-2-9-20-16(11-3-6-13(17)7-4-11)12-5-8-14(18)15(19)10-12/h3-8,10,16,20H,2,9H2,1H3. The van der Waals surface area contributed by atoms with E-state index in [1.165, 1.54) is 24.3 Å². The fourth-order valence-corrected chi connectivity index (χ4v) is 2.06. The molecule has 1 N–H and O–H groups in total. The Bertz CT molecular complexity index is 566. The van der Waals surface area contributed by atoms with Crippen LogP contribution in [0.25, 0.3) is 0 Å². The van der Waals surface area contributed by atoms with Crippen LogP contribution in [0.5, 0.6) is 0 Å². The van der Waals surface area contributed by atoms with Crippen molar-refractivity contribution in [2.24, 2.45) is 0 Å². The first-order valence-corrected chi connectivity index (χ1v) is 6.55. The summed E-state index contributed by atoms with van der Waals surface area (Å²) >= 11 is 0. The van der Waals surface area contributed by atoms with E-state index in [1.807, 2.05) is 6.92 Å². The first-order valence-electron chi connectivity index (χ1n) is 6.55. The fourth-order valence-electron chi connectivity index (χ4n) is 2.06. The van der Waals surface area contributed by atoms with Crippen LogP contribution in [0.3, 0.4) is 0 Å². The van der Waals surface area contributed by atoms with Gasteiger partial charge in [0, 0.05) is 0 Å². The molecule has 2 aromatic carbocycles. The molecule has 0 heterocycles. The third-order valence-corrected chi connectivity index (χ3v) is 3.08. The van der Waals surface area contributed by atoms with Gasteiger partial charge in [-0.25, -0.2) is 13.2 Å². The summed E-state index contributed by atoms with van der Waals surface area (Å²) in [5, 5.41) is 3.26. The molecule has 0 bridgehead atoms. The van der Waals surface area contributed by atoms with Crippen LogP contribution in [0.15, 0.2) is 42.5 Å². The molecule has 0 spiro atoms. The third kappa shape index (κ3) is 3.39. The Hall–Kier alpha value is -1.81. The van der Waals surface area contributed by atoms with E-state index < -0.39 is 11.6 Å². The van der Waals surface area contributed by atoms with E-state index in [9.17, 15) is 13.2 Å². The Morgan fingerprint density at radius 1 is 0.900 bits per heavy atom. The van der Waals surface area contributed by atoms with Gasteiger partial charge in [0.05, 0.1) is 6.04 Å². The van der Waals surface area contributed by atoms with E-state index in [2.05, 4.69) is 5.32 Å². The lowest BCUT2D eigenvalue weighted by molar-refractivity contribution is 0.503. The van der Waals surface area contributed by atoms with E-state index in [-0.39, 0.29) is 11.9 Å². The van der Waals surface area contributed by atoms with Gasteiger partial charge in [-0.05, 0) is 48.4 Å². The second-order valence-corrected chi connectivity index (χ2v) is 4.61. The SMILES string of the molecule is CCCNC(c1ccc(F)cc1)c1ccc(F)c(F)c1. The van der Waals surface area contributed by atoms with Gasteiger partial charge in [-0.15, -0.1) is 0 Å². The molecule has 0 aliphatic heterocycles. The molecule has 0 aromatic heterocycles. The second kappa shape index (κ2) is 6.57. The number of hydrogen-bond acceptors (Lipinski definition) is 1. The van der Waals surface area contributed by atoms with Crippen LogP contribution in [0.4, 0.5) is 13.2 Å². The zero-order chi connectivity index (χ0) is 14.5. The molecule has 0 radical (unpaired) electrons. The molecular weight excluding hydrogens is 263 g/mol. The topological polar surface area (TPSA) is 12.0 Å². The van der Waals surface area contributed by atoms with Crippen molar-refractivity contribution in [1.29, 1.82) is 0 Å². The van der Waals surface area contributed by atoms with Gasteiger partial charge in [0.15, 0.2) is 11.6 Å². The normalized spacial score (nSPS) is 12.4. The van der Waals surface area contributed by atoms with Crippen molar-refractivity contribution in [3.05, 3.63) is 71.0 Å². The highest BCUT2D eigenvalue weighted by molar-refractivity contribution is 5.32. The maximum atomic E-state index is 13.4.